The van der Waals surface area contributed by atoms with Gasteiger partial charge in [-0.1, -0.05) is 121 Å². The van der Waals surface area contributed by atoms with Crippen molar-refractivity contribution >= 4 is 70.3 Å². The van der Waals surface area contributed by atoms with E-state index in [-0.39, 0.29) is 0 Å². The van der Waals surface area contributed by atoms with Crippen molar-refractivity contribution in [2.24, 2.45) is 0 Å². The van der Waals surface area contributed by atoms with E-state index in [9.17, 15) is 0 Å². The van der Waals surface area contributed by atoms with Crippen LogP contribution < -0.4 is 4.90 Å². The summed E-state index contributed by atoms with van der Waals surface area (Å²) in [6.07, 6.45) is 2.55. The normalized spacial score (nSPS) is 14.1. The van der Waals surface area contributed by atoms with Crippen LogP contribution in [0.4, 0.5) is 5.69 Å². The van der Waals surface area contributed by atoms with Crippen LogP contribution >= 0.6 is 0 Å². The summed E-state index contributed by atoms with van der Waals surface area (Å²) in [5.74, 6) is 0. The summed E-state index contributed by atoms with van der Waals surface area (Å²) in [4.78, 5) is 2.60. The fourth-order valence-electron chi connectivity index (χ4n) is 8.41. The highest BCUT2D eigenvalue weighted by Gasteiger charge is 2.28. The van der Waals surface area contributed by atoms with Crippen LogP contribution in [0.3, 0.4) is 0 Å². The molecule has 10 rings (SSSR count). The predicted octanol–water partition coefficient (Wildman–Crippen LogP) is 11.4. The SMILES string of the molecule is c1ccc(-c2c3c4cccc5cccc(c3c(-c3ccccc3)c3c6ccc(N7CCCC7)c7cccc(c23)c76)c54)cc1. The third-order valence-corrected chi connectivity index (χ3v) is 10.1. The summed E-state index contributed by atoms with van der Waals surface area (Å²) in [6.45, 7) is 2.29. The minimum Gasteiger partial charge on any atom is -0.371 e. The van der Waals surface area contributed by atoms with Gasteiger partial charge in [-0.3, -0.25) is 0 Å². The fraction of sp³-hybridized carbons (Fsp3) is 0.0952. The Morgan fingerprint density at radius 2 is 0.814 bits per heavy atom. The van der Waals surface area contributed by atoms with Crippen molar-refractivity contribution in [3.63, 3.8) is 0 Å². The van der Waals surface area contributed by atoms with Crippen molar-refractivity contribution in [2.45, 2.75) is 12.8 Å². The van der Waals surface area contributed by atoms with Crippen molar-refractivity contribution in [3.8, 4) is 22.3 Å². The highest BCUT2D eigenvalue weighted by molar-refractivity contribution is 6.46. The fourth-order valence-corrected chi connectivity index (χ4v) is 8.41. The molecular weight excluding hydrogens is 518 g/mol. The molecule has 0 atom stereocenters. The van der Waals surface area contributed by atoms with Crippen LogP contribution in [-0.4, -0.2) is 13.1 Å². The first-order valence-electron chi connectivity index (χ1n) is 15.6. The van der Waals surface area contributed by atoms with E-state index in [2.05, 4.69) is 132 Å². The maximum Gasteiger partial charge on any atom is 0.0446 e. The molecule has 0 amide bonds. The van der Waals surface area contributed by atoms with Crippen molar-refractivity contribution in [1.29, 1.82) is 0 Å². The molecule has 1 aliphatic heterocycles. The molecule has 0 aromatic heterocycles. The van der Waals surface area contributed by atoms with Gasteiger partial charge < -0.3 is 4.90 Å². The molecular formula is C42H29N. The highest BCUT2D eigenvalue weighted by atomic mass is 15.1. The third kappa shape index (κ3) is 3.07. The molecule has 1 heterocycles. The molecule has 0 aliphatic carbocycles. The molecule has 0 N–H and O–H groups in total. The van der Waals surface area contributed by atoms with E-state index in [0.717, 1.165) is 13.1 Å². The molecule has 1 saturated heterocycles. The summed E-state index contributed by atoms with van der Waals surface area (Å²) < 4.78 is 0. The zero-order chi connectivity index (χ0) is 28.1. The van der Waals surface area contributed by atoms with Crippen molar-refractivity contribution in [2.75, 3.05) is 18.0 Å². The lowest BCUT2D eigenvalue weighted by atomic mass is 9.87. The average molecular weight is 548 g/mol. The molecule has 1 aliphatic rings. The van der Waals surface area contributed by atoms with E-state index in [4.69, 9.17) is 0 Å². The minimum atomic E-state index is 1.14. The summed E-state index contributed by atoms with van der Waals surface area (Å²) in [5.41, 5.74) is 6.67. The Morgan fingerprint density at radius 1 is 0.349 bits per heavy atom. The quantitative estimate of drug-likeness (QED) is 0.213. The zero-order valence-electron chi connectivity index (χ0n) is 23.9. The van der Waals surface area contributed by atoms with Gasteiger partial charge in [-0.2, -0.15) is 0 Å². The number of anilines is 1. The van der Waals surface area contributed by atoms with Crippen molar-refractivity contribution in [1.82, 2.24) is 0 Å². The van der Waals surface area contributed by atoms with Crippen LogP contribution in [0.1, 0.15) is 12.8 Å². The van der Waals surface area contributed by atoms with Crippen LogP contribution in [0.2, 0.25) is 0 Å². The number of fused-ring (bicyclic) bond motifs is 6. The van der Waals surface area contributed by atoms with E-state index < -0.39 is 0 Å². The van der Waals surface area contributed by atoms with Gasteiger partial charge in [0, 0.05) is 24.2 Å². The Kier molecular flexibility index (Phi) is 4.73. The van der Waals surface area contributed by atoms with Gasteiger partial charge in [0.2, 0.25) is 0 Å². The second-order valence-electron chi connectivity index (χ2n) is 12.2. The third-order valence-electron chi connectivity index (χ3n) is 10.1. The molecule has 202 valence electrons. The molecule has 43 heavy (non-hydrogen) atoms. The van der Waals surface area contributed by atoms with Gasteiger partial charge in [0.25, 0.3) is 0 Å². The number of hydrogen-bond donors (Lipinski definition) is 0. The Hall–Kier alpha value is -5.14. The van der Waals surface area contributed by atoms with E-state index in [0.29, 0.717) is 0 Å². The summed E-state index contributed by atoms with van der Waals surface area (Å²) >= 11 is 0. The number of nitrogens with zero attached hydrogens (tertiary/aromatic N) is 1. The lowest BCUT2D eigenvalue weighted by molar-refractivity contribution is 0.949. The standard InChI is InChI=1S/C42H29N/c1-3-12-27(13-4-1)36-39-30-19-9-16-26-17-10-20-31(35(26)30)40(39)37(28-14-5-2-6-15-28)42-33-22-23-34(43-24-7-8-25-43)29-18-11-21-32(38(29)33)41(36)42/h1-6,9-23H,7-8,24-25H2. The van der Waals surface area contributed by atoms with Gasteiger partial charge >= 0.3 is 0 Å². The molecule has 1 nitrogen and oxygen atoms in total. The second-order valence-corrected chi connectivity index (χ2v) is 12.2. The van der Waals surface area contributed by atoms with Gasteiger partial charge in [0.15, 0.2) is 0 Å². The maximum absolute atomic E-state index is 2.60. The number of benzene rings is 7. The van der Waals surface area contributed by atoms with E-state index in [1.165, 1.54) is 105 Å². The largest absolute Gasteiger partial charge is 0.371 e. The van der Waals surface area contributed by atoms with Crippen LogP contribution in [0.25, 0.3) is 86.9 Å². The summed E-state index contributed by atoms with van der Waals surface area (Å²) in [5, 5.41) is 16.4. The number of rotatable bonds is 3. The summed E-state index contributed by atoms with van der Waals surface area (Å²) in [7, 11) is 0. The van der Waals surface area contributed by atoms with Crippen molar-refractivity contribution < 1.29 is 0 Å². The van der Waals surface area contributed by atoms with Crippen LogP contribution in [0.15, 0.2) is 127 Å². The van der Waals surface area contributed by atoms with Gasteiger partial charge in [-0.25, -0.2) is 0 Å². The lowest BCUT2D eigenvalue weighted by Gasteiger charge is -2.20. The Balaban J connectivity index is 1.55. The van der Waals surface area contributed by atoms with Gasteiger partial charge in [-0.05, 0) is 100 Å². The first-order valence-corrected chi connectivity index (χ1v) is 15.6. The topological polar surface area (TPSA) is 3.24 Å². The highest BCUT2D eigenvalue weighted by Crippen LogP contribution is 2.56. The van der Waals surface area contributed by atoms with Crippen LogP contribution in [-0.2, 0) is 0 Å². The molecule has 1 heteroatoms. The minimum absolute atomic E-state index is 1.14. The van der Waals surface area contributed by atoms with Crippen LogP contribution in [0, 0.1) is 0 Å². The Bertz CT molecular complexity index is 2360. The Morgan fingerprint density at radius 3 is 1.37 bits per heavy atom. The second kappa shape index (κ2) is 8.69. The first kappa shape index (κ1) is 23.4. The average Bonchev–Trinajstić information content (AvgIpc) is 3.80. The smallest absolute Gasteiger partial charge is 0.0446 e. The van der Waals surface area contributed by atoms with E-state index in [1.54, 1.807) is 0 Å². The molecule has 9 aromatic carbocycles. The maximum atomic E-state index is 2.60. The molecule has 9 aromatic rings. The molecule has 1 fully saturated rings. The molecule has 0 bridgehead atoms. The molecule has 0 saturated carbocycles. The predicted molar refractivity (Wildman–Crippen MR) is 186 cm³/mol. The van der Waals surface area contributed by atoms with Gasteiger partial charge in [0.05, 0.1) is 0 Å². The molecule has 0 spiro atoms. The molecule has 0 radical (unpaired) electrons. The summed E-state index contributed by atoms with van der Waals surface area (Å²) in [6, 6.07) is 47.8. The lowest BCUT2D eigenvalue weighted by Crippen LogP contribution is -2.17. The van der Waals surface area contributed by atoms with Crippen molar-refractivity contribution in [3.05, 3.63) is 127 Å². The first-order chi connectivity index (χ1) is 21.4. The van der Waals surface area contributed by atoms with Crippen LogP contribution in [0.5, 0.6) is 0 Å². The monoisotopic (exact) mass is 547 g/mol. The Labute approximate surface area is 250 Å². The zero-order valence-corrected chi connectivity index (χ0v) is 23.9. The van der Waals surface area contributed by atoms with Gasteiger partial charge in [-0.15, -0.1) is 0 Å². The molecule has 0 unspecified atom stereocenters. The van der Waals surface area contributed by atoms with E-state index >= 15 is 0 Å². The van der Waals surface area contributed by atoms with Gasteiger partial charge in [0.1, 0.15) is 0 Å². The van der Waals surface area contributed by atoms with E-state index in [1.807, 2.05) is 0 Å². The number of hydrogen-bond acceptors (Lipinski definition) is 1.